The maximum absolute atomic E-state index is 13.0. The van der Waals surface area contributed by atoms with Gasteiger partial charge in [-0.3, -0.25) is 14.5 Å². The van der Waals surface area contributed by atoms with Gasteiger partial charge in [-0.15, -0.1) is 0 Å². The van der Waals surface area contributed by atoms with Crippen molar-refractivity contribution in [1.29, 1.82) is 0 Å². The number of fused-ring (bicyclic) bond motifs is 4. The molecule has 0 saturated heterocycles. The zero-order chi connectivity index (χ0) is 16.1. The van der Waals surface area contributed by atoms with E-state index in [2.05, 4.69) is 5.32 Å². The number of phenolic OH excluding ortho intramolecular Hbond substituents is 1. The fourth-order valence-corrected chi connectivity index (χ4v) is 3.20. The summed E-state index contributed by atoms with van der Waals surface area (Å²) in [5.74, 6) is -0.483. The van der Waals surface area contributed by atoms with Crippen LogP contribution in [0.4, 0.5) is 11.4 Å². The van der Waals surface area contributed by atoms with Gasteiger partial charge < -0.3 is 15.2 Å². The van der Waals surface area contributed by atoms with E-state index in [0.29, 0.717) is 17.7 Å². The lowest BCUT2D eigenvalue weighted by Gasteiger charge is -2.21. The normalized spacial score (nSPS) is 18.7. The van der Waals surface area contributed by atoms with E-state index < -0.39 is 6.04 Å². The summed E-state index contributed by atoms with van der Waals surface area (Å²) < 4.78 is 5.07. The summed E-state index contributed by atoms with van der Waals surface area (Å²) in [5, 5.41) is 12.6. The van der Waals surface area contributed by atoms with Crippen molar-refractivity contribution in [3.63, 3.8) is 0 Å². The highest BCUT2D eigenvalue weighted by Crippen LogP contribution is 2.40. The van der Waals surface area contributed by atoms with E-state index in [-0.39, 0.29) is 23.3 Å². The zero-order valence-electron chi connectivity index (χ0n) is 12.4. The summed E-state index contributed by atoms with van der Waals surface area (Å²) in [7, 11) is 1.41. The molecular formula is C17H14N2O4. The van der Waals surface area contributed by atoms with Gasteiger partial charge >= 0.3 is 0 Å². The number of anilines is 2. The molecule has 2 amide bonds. The molecule has 0 saturated carbocycles. The van der Waals surface area contributed by atoms with Crippen molar-refractivity contribution in [2.75, 3.05) is 17.3 Å². The fraction of sp³-hybridized carbons (Fsp3) is 0.176. The van der Waals surface area contributed by atoms with Crippen molar-refractivity contribution < 1.29 is 19.4 Å². The van der Waals surface area contributed by atoms with Crippen LogP contribution in [0.1, 0.15) is 15.9 Å². The maximum atomic E-state index is 13.0. The van der Waals surface area contributed by atoms with Crippen molar-refractivity contribution in [3.05, 3.63) is 47.5 Å². The molecular weight excluding hydrogens is 296 g/mol. The molecule has 2 aliphatic rings. The van der Waals surface area contributed by atoms with Crippen LogP contribution in [-0.4, -0.2) is 30.1 Å². The van der Waals surface area contributed by atoms with Crippen LogP contribution in [0.2, 0.25) is 0 Å². The highest BCUT2D eigenvalue weighted by Gasteiger charge is 2.42. The number of aromatic hydroxyl groups is 1. The molecule has 2 N–H and O–H groups in total. The average molecular weight is 310 g/mol. The topological polar surface area (TPSA) is 78.9 Å². The Hall–Kier alpha value is -3.02. The van der Waals surface area contributed by atoms with E-state index in [1.165, 1.54) is 24.1 Å². The van der Waals surface area contributed by atoms with Crippen molar-refractivity contribution in [2.45, 2.75) is 12.5 Å². The lowest BCUT2D eigenvalue weighted by Crippen LogP contribution is -2.42. The second-order valence-electron chi connectivity index (χ2n) is 5.58. The summed E-state index contributed by atoms with van der Waals surface area (Å²) in [6.07, 6.45) is 0.477. The van der Waals surface area contributed by atoms with Gasteiger partial charge in [0.1, 0.15) is 6.04 Å². The summed E-state index contributed by atoms with van der Waals surface area (Å²) in [5.41, 5.74) is 2.31. The lowest BCUT2D eigenvalue weighted by atomic mass is 10.1. The van der Waals surface area contributed by atoms with Gasteiger partial charge in [0, 0.05) is 18.2 Å². The monoisotopic (exact) mass is 310 g/mol. The molecule has 0 fully saturated rings. The molecule has 0 aromatic heterocycles. The first-order valence-electron chi connectivity index (χ1n) is 7.23. The molecule has 2 aromatic rings. The van der Waals surface area contributed by atoms with Crippen molar-refractivity contribution >= 4 is 23.2 Å². The lowest BCUT2D eigenvalue weighted by molar-refractivity contribution is -0.117. The zero-order valence-corrected chi connectivity index (χ0v) is 12.4. The van der Waals surface area contributed by atoms with E-state index in [4.69, 9.17) is 4.74 Å². The van der Waals surface area contributed by atoms with Crippen LogP contribution < -0.4 is 15.0 Å². The van der Waals surface area contributed by atoms with E-state index in [1.807, 2.05) is 24.3 Å². The van der Waals surface area contributed by atoms with Gasteiger partial charge in [0.2, 0.25) is 5.91 Å². The number of nitrogens with one attached hydrogen (secondary N) is 1. The minimum Gasteiger partial charge on any atom is -0.504 e. The maximum Gasteiger partial charge on any atom is 0.261 e. The molecule has 2 heterocycles. The largest absolute Gasteiger partial charge is 0.504 e. The molecule has 0 bridgehead atoms. The summed E-state index contributed by atoms with van der Waals surface area (Å²) in [6.45, 7) is 0. The first-order valence-corrected chi connectivity index (χ1v) is 7.23. The third kappa shape index (κ3) is 1.88. The number of amides is 2. The summed E-state index contributed by atoms with van der Waals surface area (Å²) in [6, 6.07) is 9.71. The molecule has 6 heteroatoms. The van der Waals surface area contributed by atoms with E-state index in [0.717, 1.165) is 11.3 Å². The minimum absolute atomic E-state index is 0.123. The molecule has 6 nitrogen and oxygen atoms in total. The molecule has 1 atom stereocenters. The predicted molar refractivity (Wildman–Crippen MR) is 84.0 cm³/mol. The molecule has 2 aliphatic heterocycles. The molecule has 4 rings (SSSR count). The Morgan fingerprint density at radius 1 is 1.26 bits per heavy atom. The Morgan fingerprint density at radius 2 is 2.04 bits per heavy atom. The molecule has 2 aromatic carbocycles. The number of ether oxygens (including phenoxy) is 1. The van der Waals surface area contributed by atoms with Gasteiger partial charge in [-0.05, 0) is 17.7 Å². The Labute approximate surface area is 132 Å². The molecule has 0 unspecified atom stereocenters. The third-order valence-electron chi connectivity index (χ3n) is 4.30. The van der Waals surface area contributed by atoms with Crippen LogP contribution in [0.15, 0.2) is 36.4 Å². The number of hydrogen-bond donors (Lipinski definition) is 2. The van der Waals surface area contributed by atoms with Crippen LogP contribution in [0.3, 0.4) is 0 Å². The molecule has 23 heavy (non-hydrogen) atoms. The fourth-order valence-electron chi connectivity index (χ4n) is 3.20. The Morgan fingerprint density at radius 3 is 2.83 bits per heavy atom. The van der Waals surface area contributed by atoms with Crippen LogP contribution >= 0.6 is 0 Å². The number of hydrogen-bond acceptors (Lipinski definition) is 4. The molecule has 0 radical (unpaired) electrons. The number of benzene rings is 2. The first-order chi connectivity index (χ1) is 11.1. The highest BCUT2D eigenvalue weighted by molar-refractivity contribution is 6.19. The SMILES string of the molecule is COc1cc2c(cc1O)NC(=O)[C@@H]1Cc3ccccc3N1C2=O. The number of methoxy groups -OCH3 is 1. The Bertz CT molecular complexity index is 846. The van der Waals surface area contributed by atoms with Gasteiger partial charge in [0.05, 0.1) is 18.4 Å². The summed E-state index contributed by atoms with van der Waals surface area (Å²) in [4.78, 5) is 27.0. The number of nitrogens with zero attached hydrogens (tertiary/aromatic N) is 1. The van der Waals surface area contributed by atoms with Crippen LogP contribution in [0, 0.1) is 0 Å². The van der Waals surface area contributed by atoms with Crippen LogP contribution in [0.25, 0.3) is 0 Å². The number of para-hydroxylation sites is 1. The molecule has 0 spiro atoms. The van der Waals surface area contributed by atoms with Gasteiger partial charge in [-0.25, -0.2) is 0 Å². The average Bonchev–Trinajstić information content (AvgIpc) is 2.90. The van der Waals surface area contributed by atoms with Crippen molar-refractivity contribution in [2.24, 2.45) is 0 Å². The van der Waals surface area contributed by atoms with Gasteiger partial charge in [0.25, 0.3) is 5.91 Å². The number of carbonyl (C=O) groups excluding carboxylic acids is 2. The third-order valence-corrected chi connectivity index (χ3v) is 4.30. The van der Waals surface area contributed by atoms with Gasteiger partial charge in [-0.1, -0.05) is 18.2 Å². The quantitative estimate of drug-likeness (QED) is 0.843. The Balaban J connectivity index is 1.90. The van der Waals surface area contributed by atoms with Crippen LogP contribution in [0.5, 0.6) is 11.5 Å². The Kier molecular flexibility index (Phi) is 2.81. The summed E-state index contributed by atoms with van der Waals surface area (Å²) >= 11 is 0. The predicted octanol–water partition coefficient (Wildman–Crippen LogP) is 1.92. The molecule has 116 valence electrons. The first kappa shape index (κ1) is 13.6. The van der Waals surface area contributed by atoms with E-state index in [1.54, 1.807) is 0 Å². The molecule has 0 aliphatic carbocycles. The number of carbonyl (C=O) groups is 2. The standard InChI is InChI=1S/C17H14N2O4/c1-23-15-7-10-11(8-14(15)20)18-16(21)13-6-9-4-2-3-5-12(9)19(13)17(10)22/h2-5,7-8,13,20H,6H2,1H3,(H,18,21)/t13-/m0/s1. The second kappa shape index (κ2) is 4.74. The van der Waals surface area contributed by atoms with Crippen molar-refractivity contribution in [3.8, 4) is 11.5 Å². The number of phenols is 1. The van der Waals surface area contributed by atoms with E-state index >= 15 is 0 Å². The minimum atomic E-state index is -0.583. The highest BCUT2D eigenvalue weighted by atomic mass is 16.5. The second-order valence-corrected chi connectivity index (χ2v) is 5.58. The number of rotatable bonds is 1. The van der Waals surface area contributed by atoms with Gasteiger partial charge in [-0.2, -0.15) is 0 Å². The van der Waals surface area contributed by atoms with Crippen LogP contribution in [-0.2, 0) is 11.2 Å². The van der Waals surface area contributed by atoms with Crippen molar-refractivity contribution in [1.82, 2.24) is 0 Å². The van der Waals surface area contributed by atoms with E-state index in [9.17, 15) is 14.7 Å². The smallest absolute Gasteiger partial charge is 0.261 e. The van der Waals surface area contributed by atoms with Gasteiger partial charge in [0.15, 0.2) is 11.5 Å².